The van der Waals surface area contributed by atoms with Crippen LogP contribution in [-0.4, -0.2) is 41.0 Å². The van der Waals surface area contributed by atoms with Gasteiger partial charge in [-0.2, -0.15) is 5.10 Å². The van der Waals surface area contributed by atoms with Crippen molar-refractivity contribution >= 4 is 33.5 Å². The molecular weight excluding hydrogens is 500 g/mol. The molecule has 1 amide bonds. The van der Waals surface area contributed by atoms with Crippen LogP contribution in [-0.2, 0) is 11.2 Å². The fourth-order valence-corrected chi connectivity index (χ4v) is 4.77. The van der Waals surface area contributed by atoms with Gasteiger partial charge in [-0.1, -0.05) is 36.4 Å². The van der Waals surface area contributed by atoms with Crippen LogP contribution in [0.25, 0.3) is 56.0 Å². The zero-order valence-electron chi connectivity index (χ0n) is 21.2. The van der Waals surface area contributed by atoms with Crippen LogP contribution in [0, 0.1) is 0 Å². The first-order valence-corrected chi connectivity index (χ1v) is 12.7. The minimum absolute atomic E-state index is 0.107. The lowest BCUT2D eigenvalue weighted by atomic mass is 10.1. The number of hydrogen-bond acceptors (Lipinski definition) is 6. The summed E-state index contributed by atoms with van der Waals surface area (Å²) in [4.78, 5) is 34.4. The van der Waals surface area contributed by atoms with E-state index in [9.17, 15) is 4.79 Å². The number of aromatic amines is 2. The molecule has 0 aliphatic rings. The van der Waals surface area contributed by atoms with Crippen molar-refractivity contribution in [2.75, 3.05) is 5.32 Å². The van der Waals surface area contributed by atoms with Crippen molar-refractivity contribution in [3.05, 3.63) is 109 Å². The fraction of sp³-hybridized carbons (Fsp3) is 0.0323. The molecule has 0 bridgehead atoms. The number of carbonyl (C=O) groups excluding carboxylic acids is 1. The Labute approximate surface area is 228 Å². The summed E-state index contributed by atoms with van der Waals surface area (Å²) in [5.41, 5.74) is 8.62. The number of nitrogens with one attached hydrogen (secondary N) is 3. The number of carbonyl (C=O) groups is 1. The largest absolute Gasteiger partial charge is 0.353 e. The predicted molar refractivity (Wildman–Crippen MR) is 154 cm³/mol. The molecule has 7 rings (SSSR count). The van der Waals surface area contributed by atoms with Crippen LogP contribution in [0.5, 0.6) is 0 Å². The van der Waals surface area contributed by atoms with E-state index in [2.05, 4.69) is 35.5 Å². The monoisotopic (exact) mass is 522 g/mol. The van der Waals surface area contributed by atoms with E-state index in [1.165, 1.54) is 0 Å². The van der Waals surface area contributed by atoms with E-state index in [-0.39, 0.29) is 12.3 Å². The number of H-pyrrole nitrogens is 2. The van der Waals surface area contributed by atoms with Crippen molar-refractivity contribution in [1.29, 1.82) is 0 Å². The quantitative estimate of drug-likeness (QED) is 0.253. The summed E-state index contributed by atoms with van der Waals surface area (Å²) in [7, 11) is 0. The summed E-state index contributed by atoms with van der Waals surface area (Å²) < 4.78 is 0. The minimum atomic E-state index is -0.107. The number of aromatic nitrogens is 7. The smallest absolute Gasteiger partial charge is 0.228 e. The lowest BCUT2D eigenvalue weighted by Gasteiger charge is -2.07. The van der Waals surface area contributed by atoms with Crippen LogP contribution in [0.1, 0.15) is 5.56 Å². The summed E-state index contributed by atoms with van der Waals surface area (Å²) >= 11 is 0. The van der Waals surface area contributed by atoms with E-state index in [0.29, 0.717) is 17.1 Å². The van der Waals surface area contributed by atoms with Crippen molar-refractivity contribution in [2.45, 2.75) is 6.42 Å². The molecular formula is C31H22N8O. The SMILES string of the molecule is O=C(Cc1ccccc1)Nc1cncc(-c2ccc3[nH]nc(-c4cc5c(-c6ccccn6)nccc5[nH]4)c3n2)c1. The molecule has 0 unspecified atom stereocenters. The third-order valence-corrected chi connectivity index (χ3v) is 6.64. The van der Waals surface area contributed by atoms with Gasteiger partial charge in [-0.25, -0.2) is 4.98 Å². The molecule has 7 aromatic rings. The standard InChI is InChI=1S/C31H22N8O/c40-28(14-19-6-2-1-3-7-19)35-21-15-20(17-32-18-21)23-9-10-26-30(37-23)31(39-38-26)27-16-22-24(36-27)11-13-34-29(22)25-8-4-5-12-33-25/h1-13,15-18,36H,14H2,(H,35,40)(H,38,39). The molecule has 6 aromatic heterocycles. The minimum Gasteiger partial charge on any atom is -0.353 e. The van der Waals surface area contributed by atoms with E-state index in [1.807, 2.05) is 78.9 Å². The van der Waals surface area contributed by atoms with Crippen molar-refractivity contribution < 1.29 is 4.79 Å². The number of pyridine rings is 4. The lowest BCUT2D eigenvalue weighted by Crippen LogP contribution is -2.14. The van der Waals surface area contributed by atoms with E-state index in [4.69, 9.17) is 4.98 Å². The Bertz CT molecular complexity index is 1980. The zero-order valence-corrected chi connectivity index (χ0v) is 21.2. The van der Waals surface area contributed by atoms with Gasteiger partial charge in [-0.15, -0.1) is 0 Å². The highest BCUT2D eigenvalue weighted by molar-refractivity contribution is 5.99. The summed E-state index contributed by atoms with van der Waals surface area (Å²) in [6, 6.07) is 25.1. The Kier molecular flexibility index (Phi) is 5.78. The molecule has 0 spiro atoms. The van der Waals surface area contributed by atoms with Gasteiger partial charge >= 0.3 is 0 Å². The Morgan fingerprint density at radius 1 is 0.800 bits per heavy atom. The molecule has 0 aliphatic carbocycles. The number of fused-ring (bicyclic) bond motifs is 2. The summed E-state index contributed by atoms with van der Waals surface area (Å²) in [5, 5.41) is 11.5. The van der Waals surface area contributed by atoms with Crippen molar-refractivity contribution in [3.63, 3.8) is 0 Å². The second kappa shape index (κ2) is 9.88. The highest BCUT2D eigenvalue weighted by Crippen LogP contribution is 2.32. The molecule has 0 radical (unpaired) electrons. The Hall–Kier alpha value is -5.70. The first-order valence-electron chi connectivity index (χ1n) is 12.7. The molecule has 0 saturated carbocycles. The second-order valence-electron chi connectivity index (χ2n) is 9.36. The molecule has 3 N–H and O–H groups in total. The number of anilines is 1. The van der Waals surface area contributed by atoms with Gasteiger partial charge in [0.25, 0.3) is 0 Å². The van der Waals surface area contributed by atoms with E-state index in [1.54, 1.807) is 24.8 Å². The molecule has 0 saturated heterocycles. The van der Waals surface area contributed by atoms with Crippen molar-refractivity contribution in [1.82, 2.24) is 35.1 Å². The van der Waals surface area contributed by atoms with Gasteiger partial charge in [-0.3, -0.25) is 24.8 Å². The summed E-state index contributed by atoms with van der Waals surface area (Å²) in [5.74, 6) is -0.107. The topological polar surface area (TPSA) is 125 Å². The van der Waals surface area contributed by atoms with Crippen LogP contribution in [0.4, 0.5) is 5.69 Å². The predicted octanol–water partition coefficient (Wildman–Crippen LogP) is 5.81. The molecule has 9 heteroatoms. The average molecular weight is 523 g/mol. The number of amides is 1. The highest BCUT2D eigenvalue weighted by atomic mass is 16.1. The normalized spacial score (nSPS) is 11.2. The van der Waals surface area contributed by atoms with E-state index in [0.717, 1.165) is 50.1 Å². The van der Waals surface area contributed by atoms with Crippen molar-refractivity contribution in [2.24, 2.45) is 0 Å². The number of nitrogens with zero attached hydrogens (tertiary/aromatic N) is 5. The average Bonchev–Trinajstić information content (AvgIpc) is 3.62. The first kappa shape index (κ1) is 23.4. The molecule has 40 heavy (non-hydrogen) atoms. The highest BCUT2D eigenvalue weighted by Gasteiger charge is 2.16. The third-order valence-electron chi connectivity index (χ3n) is 6.64. The van der Waals surface area contributed by atoms with Gasteiger partial charge in [0.15, 0.2) is 0 Å². The summed E-state index contributed by atoms with van der Waals surface area (Å²) in [6.45, 7) is 0. The van der Waals surface area contributed by atoms with E-state index >= 15 is 0 Å². The zero-order chi connectivity index (χ0) is 26.9. The molecule has 0 aliphatic heterocycles. The first-order chi connectivity index (χ1) is 19.7. The van der Waals surface area contributed by atoms with E-state index < -0.39 is 0 Å². The molecule has 9 nitrogen and oxygen atoms in total. The second-order valence-corrected chi connectivity index (χ2v) is 9.36. The van der Waals surface area contributed by atoms with Gasteiger partial charge in [0, 0.05) is 35.1 Å². The van der Waals surface area contributed by atoms with Gasteiger partial charge in [0.05, 0.1) is 46.6 Å². The summed E-state index contributed by atoms with van der Waals surface area (Å²) in [6.07, 6.45) is 7.18. The van der Waals surface area contributed by atoms with Crippen LogP contribution >= 0.6 is 0 Å². The number of rotatable bonds is 6. The van der Waals surface area contributed by atoms with Gasteiger partial charge in [0.1, 0.15) is 11.2 Å². The van der Waals surface area contributed by atoms with Crippen molar-refractivity contribution in [3.8, 4) is 34.0 Å². The number of benzene rings is 1. The fourth-order valence-electron chi connectivity index (χ4n) is 4.77. The maximum absolute atomic E-state index is 12.6. The lowest BCUT2D eigenvalue weighted by molar-refractivity contribution is -0.115. The van der Waals surface area contributed by atoms with Gasteiger partial charge < -0.3 is 10.3 Å². The number of hydrogen-bond donors (Lipinski definition) is 3. The van der Waals surface area contributed by atoms with Gasteiger partial charge in [-0.05, 0) is 48.0 Å². The molecule has 6 heterocycles. The maximum atomic E-state index is 12.6. The Morgan fingerprint density at radius 2 is 1.70 bits per heavy atom. The molecule has 1 aromatic carbocycles. The molecule has 0 fully saturated rings. The van der Waals surface area contributed by atoms with Crippen LogP contribution in [0.2, 0.25) is 0 Å². The van der Waals surface area contributed by atoms with Crippen LogP contribution in [0.15, 0.2) is 104 Å². The van der Waals surface area contributed by atoms with Crippen LogP contribution in [0.3, 0.4) is 0 Å². The Morgan fingerprint density at radius 3 is 2.58 bits per heavy atom. The van der Waals surface area contributed by atoms with Crippen LogP contribution < -0.4 is 5.32 Å². The maximum Gasteiger partial charge on any atom is 0.228 e. The Balaban J connectivity index is 1.21. The molecule has 0 atom stereocenters. The third kappa shape index (κ3) is 4.45. The molecule has 192 valence electrons. The van der Waals surface area contributed by atoms with Gasteiger partial charge in [0.2, 0.25) is 5.91 Å².